The lowest BCUT2D eigenvalue weighted by Crippen LogP contribution is -2.51. The van der Waals surface area contributed by atoms with Crippen molar-refractivity contribution >= 4 is 5.91 Å². The molecule has 1 amide bonds. The molecular formula is C12H17N3O2. The number of nitrogens with zero attached hydrogens (tertiary/aromatic N) is 1. The summed E-state index contributed by atoms with van der Waals surface area (Å²) in [5, 5.41) is 5.98. The minimum atomic E-state index is -0.243. The normalized spacial score (nSPS) is 19.9. The molecule has 5 heteroatoms. The summed E-state index contributed by atoms with van der Waals surface area (Å²) in [6.07, 6.45) is 1.73. The van der Waals surface area contributed by atoms with Crippen molar-refractivity contribution in [3.05, 3.63) is 29.6 Å². The van der Waals surface area contributed by atoms with Crippen molar-refractivity contribution in [1.29, 1.82) is 0 Å². The highest BCUT2D eigenvalue weighted by molar-refractivity contribution is 5.81. The number of pyridine rings is 1. The van der Waals surface area contributed by atoms with Gasteiger partial charge in [-0.25, -0.2) is 0 Å². The molecule has 1 aliphatic heterocycles. The number of rotatable bonds is 3. The molecule has 1 fully saturated rings. The van der Waals surface area contributed by atoms with Crippen molar-refractivity contribution in [2.75, 3.05) is 19.8 Å². The quantitative estimate of drug-likeness (QED) is 0.774. The van der Waals surface area contributed by atoms with Crippen molar-refractivity contribution in [1.82, 2.24) is 15.6 Å². The van der Waals surface area contributed by atoms with Crippen LogP contribution in [0.1, 0.15) is 11.3 Å². The van der Waals surface area contributed by atoms with Crippen molar-refractivity contribution < 1.29 is 9.53 Å². The second-order valence-corrected chi connectivity index (χ2v) is 4.07. The van der Waals surface area contributed by atoms with Crippen molar-refractivity contribution in [3.8, 4) is 0 Å². The summed E-state index contributed by atoms with van der Waals surface area (Å²) in [6, 6.07) is 3.63. The SMILES string of the molecule is Cc1cccnc1CNC(=O)[C@H]1COCCN1. The topological polar surface area (TPSA) is 63.2 Å². The first kappa shape index (κ1) is 12.0. The summed E-state index contributed by atoms with van der Waals surface area (Å²) < 4.78 is 5.24. The first-order valence-corrected chi connectivity index (χ1v) is 5.76. The lowest BCUT2D eigenvalue weighted by atomic mass is 10.2. The first-order valence-electron chi connectivity index (χ1n) is 5.76. The molecule has 1 atom stereocenters. The number of nitrogens with one attached hydrogen (secondary N) is 2. The highest BCUT2D eigenvalue weighted by Gasteiger charge is 2.20. The summed E-state index contributed by atoms with van der Waals surface area (Å²) in [4.78, 5) is 16.0. The Morgan fingerprint density at radius 1 is 1.71 bits per heavy atom. The van der Waals surface area contributed by atoms with Crippen LogP contribution in [-0.2, 0) is 16.1 Å². The molecule has 0 saturated carbocycles. The van der Waals surface area contributed by atoms with Gasteiger partial charge >= 0.3 is 0 Å². The summed E-state index contributed by atoms with van der Waals surface area (Å²) in [5.41, 5.74) is 1.98. The molecule has 1 saturated heterocycles. The van der Waals surface area contributed by atoms with Crippen LogP contribution in [-0.4, -0.2) is 36.7 Å². The molecule has 0 unspecified atom stereocenters. The smallest absolute Gasteiger partial charge is 0.239 e. The van der Waals surface area contributed by atoms with E-state index in [0.29, 0.717) is 19.8 Å². The summed E-state index contributed by atoms with van der Waals surface area (Å²) in [5.74, 6) is -0.0326. The lowest BCUT2D eigenvalue weighted by molar-refractivity contribution is -0.126. The van der Waals surface area contributed by atoms with Gasteiger partial charge in [0.2, 0.25) is 5.91 Å². The molecule has 5 nitrogen and oxygen atoms in total. The van der Waals surface area contributed by atoms with Gasteiger partial charge in [-0.05, 0) is 18.6 Å². The molecule has 0 aromatic carbocycles. The van der Waals surface area contributed by atoms with Gasteiger partial charge in [-0.2, -0.15) is 0 Å². The number of carbonyl (C=O) groups excluding carboxylic acids is 1. The van der Waals surface area contributed by atoms with Gasteiger partial charge in [0.05, 0.1) is 25.5 Å². The van der Waals surface area contributed by atoms with Crippen LogP contribution in [0.25, 0.3) is 0 Å². The number of hydrogen-bond acceptors (Lipinski definition) is 4. The summed E-state index contributed by atoms with van der Waals surface area (Å²) in [6.45, 7) is 4.27. The van der Waals surface area contributed by atoms with Gasteiger partial charge in [-0.15, -0.1) is 0 Å². The average molecular weight is 235 g/mol. The zero-order valence-corrected chi connectivity index (χ0v) is 9.90. The summed E-state index contributed by atoms with van der Waals surface area (Å²) in [7, 11) is 0. The van der Waals surface area contributed by atoms with E-state index in [0.717, 1.165) is 17.8 Å². The molecule has 2 heterocycles. The maximum absolute atomic E-state index is 11.8. The van der Waals surface area contributed by atoms with E-state index < -0.39 is 0 Å². The molecule has 1 aliphatic rings. The lowest BCUT2D eigenvalue weighted by Gasteiger charge is -2.22. The molecule has 1 aromatic rings. The molecule has 0 aliphatic carbocycles. The minimum absolute atomic E-state index is 0.0326. The molecule has 0 spiro atoms. The number of aromatic nitrogens is 1. The fraction of sp³-hybridized carbons (Fsp3) is 0.500. The van der Waals surface area contributed by atoms with Crippen LogP contribution in [0.4, 0.5) is 0 Å². The van der Waals surface area contributed by atoms with Crippen LogP contribution in [0, 0.1) is 6.92 Å². The number of morpholine rings is 1. The number of aryl methyl sites for hydroxylation is 1. The molecule has 0 radical (unpaired) electrons. The largest absolute Gasteiger partial charge is 0.378 e. The second-order valence-electron chi connectivity index (χ2n) is 4.07. The Labute approximate surface area is 101 Å². The molecule has 2 N–H and O–H groups in total. The Kier molecular flexibility index (Phi) is 4.06. The van der Waals surface area contributed by atoms with E-state index in [-0.39, 0.29) is 11.9 Å². The first-order chi connectivity index (χ1) is 8.27. The monoisotopic (exact) mass is 235 g/mol. The third-order valence-corrected chi connectivity index (χ3v) is 2.79. The Morgan fingerprint density at radius 2 is 2.59 bits per heavy atom. The van der Waals surface area contributed by atoms with Gasteiger partial charge in [-0.1, -0.05) is 6.07 Å². The molecule has 17 heavy (non-hydrogen) atoms. The van der Waals surface area contributed by atoms with Crippen LogP contribution in [0.2, 0.25) is 0 Å². The number of ether oxygens (including phenoxy) is 1. The zero-order chi connectivity index (χ0) is 12.1. The molecular weight excluding hydrogens is 218 g/mol. The third-order valence-electron chi connectivity index (χ3n) is 2.79. The number of amides is 1. The molecule has 92 valence electrons. The van der Waals surface area contributed by atoms with Gasteiger partial charge in [0.15, 0.2) is 0 Å². The van der Waals surface area contributed by atoms with Crippen LogP contribution >= 0.6 is 0 Å². The van der Waals surface area contributed by atoms with Gasteiger partial charge in [0, 0.05) is 12.7 Å². The number of carbonyl (C=O) groups is 1. The van der Waals surface area contributed by atoms with E-state index in [1.54, 1.807) is 6.20 Å². The van der Waals surface area contributed by atoms with E-state index in [1.165, 1.54) is 0 Å². The zero-order valence-electron chi connectivity index (χ0n) is 9.90. The van der Waals surface area contributed by atoms with Crippen molar-refractivity contribution in [2.45, 2.75) is 19.5 Å². The van der Waals surface area contributed by atoms with Crippen molar-refractivity contribution in [2.24, 2.45) is 0 Å². The Morgan fingerprint density at radius 3 is 3.29 bits per heavy atom. The highest BCUT2D eigenvalue weighted by atomic mass is 16.5. The van der Waals surface area contributed by atoms with Gasteiger partial charge < -0.3 is 15.4 Å². The van der Waals surface area contributed by atoms with E-state index >= 15 is 0 Å². The van der Waals surface area contributed by atoms with Gasteiger partial charge in [0.25, 0.3) is 0 Å². The van der Waals surface area contributed by atoms with Gasteiger partial charge in [-0.3, -0.25) is 9.78 Å². The van der Waals surface area contributed by atoms with Crippen LogP contribution in [0.15, 0.2) is 18.3 Å². The Balaban J connectivity index is 1.85. The summed E-state index contributed by atoms with van der Waals surface area (Å²) >= 11 is 0. The fourth-order valence-corrected chi connectivity index (χ4v) is 1.73. The van der Waals surface area contributed by atoms with Crippen molar-refractivity contribution in [3.63, 3.8) is 0 Å². The minimum Gasteiger partial charge on any atom is -0.378 e. The van der Waals surface area contributed by atoms with E-state index in [2.05, 4.69) is 15.6 Å². The van der Waals surface area contributed by atoms with E-state index in [4.69, 9.17) is 4.74 Å². The Hall–Kier alpha value is -1.46. The van der Waals surface area contributed by atoms with Gasteiger partial charge in [0.1, 0.15) is 6.04 Å². The fourth-order valence-electron chi connectivity index (χ4n) is 1.73. The molecule has 2 rings (SSSR count). The molecule has 0 bridgehead atoms. The predicted octanol–water partition coefficient (Wildman–Crippen LogP) is -0.00538. The van der Waals surface area contributed by atoms with E-state index in [1.807, 2.05) is 19.1 Å². The van der Waals surface area contributed by atoms with E-state index in [9.17, 15) is 4.79 Å². The highest BCUT2D eigenvalue weighted by Crippen LogP contribution is 2.02. The van der Waals surface area contributed by atoms with Crippen LogP contribution in [0.5, 0.6) is 0 Å². The predicted molar refractivity (Wildman–Crippen MR) is 63.4 cm³/mol. The van der Waals surface area contributed by atoms with Crippen LogP contribution in [0.3, 0.4) is 0 Å². The third kappa shape index (κ3) is 3.25. The standard InChI is InChI=1S/C12H17N3O2/c1-9-3-2-4-13-10(9)7-15-12(16)11-8-17-6-5-14-11/h2-4,11,14H,5-8H2,1H3,(H,15,16)/t11-/m1/s1. The molecule has 1 aromatic heterocycles. The number of hydrogen-bond donors (Lipinski definition) is 2. The Bertz CT molecular complexity index is 389. The average Bonchev–Trinajstić information content (AvgIpc) is 2.38. The maximum atomic E-state index is 11.8. The van der Waals surface area contributed by atoms with Crippen LogP contribution < -0.4 is 10.6 Å². The second kappa shape index (κ2) is 5.75. The maximum Gasteiger partial charge on any atom is 0.239 e.